The molecule has 0 aliphatic carbocycles. The molecule has 0 aromatic heterocycles. The van der Waals surface area contributed by atoms with Gasteiger partial charge < -0.3 is 15.2 Å². The molecule has 0 saturated heterocycles. The molecule has 122 valence electrons. The van der Waals surface area contributed by atoms with Gasteiger partial charge in [0.2, 0.25) is 5.91 Å². The quantitative estimate of drug-likeness (QED) is 0.688. The second-order valence-corrected chi connectivity index (χ2v) is 5.75. The molecule has 1 amide bonds. The second-order valence-electron chi connectivity index (χ2n) is 5.75. The van der Waals surface area contributed by atoms with E-state index in [0.717, 1.165) is 17.7 Å². The zero-order valence-corrected chi connectivity index (χ0v) is 13.5. The lowest BCUT2D eigenvalue weighted by atomic mass is 10.0. The predicted molar refractivity (Wildman–Crippen MR) is 84.9 cm³/mol. The van der Waals surface area contributed by atoms with Crippen LogP contribution in [-0.2, 0) is 9.59 Å². The van der Waals surface area contributed by atoms with Gasteiger partial charge in [0.05, 0.1) is 6.61 Å². The molecule has 1 atom stereocenters. The molecular formula is C17H25NO4. The van der Waals surface area contributed by atoms with Gasteiger partial charge in [-0.15, -0.1) is 0 Å². The van der Waals surface area contributed by atoms with Crippen LogP contribution in [0.3, 0.4) is 0 Å². The summed E-state index contributed by atoms with van der Waals surface area (Å²) in [7, 11) is 0. The molecule has 0 saturated carbocycles. The first kappa shape index (κ1) is 18.0. The van der Waals surface area contributed by atoms with E-state index in [4.69, 9.17) is 9.84 Å². The zero-order chi connectivity index (χ0) is 16.5. The lowest BCUT2D eigenvalue weighted by Crippen LogP contribution is -2.44. The smallest absolute Gasteiger partial charge is 0.326 e. The van der Waals surface area contributed by atoms with Gasteiger partial charge in [-0.1, -0.05) is 26.0 Å². The van der Waals surface area contributed by atoms with E-state index >= 15 is 0 Å². The Kier molecular flexibility index (Phi) is 7.43. The molecule has 1 aromatic rings. The molecule has 0 radical (unpaired) electrons. The first-order valence-corrected chi connectivity index (χ1v) is 7.61. The van der Waals surface area contributed by atoms with Crippen molar-refractivity contribution >= 4 is 11.9 Å². The predicted octanol–water partition coefficient (Wildman–Crippen LogP) is 2.77. The van der Waals surface area contributed by atoms with Crippen molar-refractivity contribution in [2.45, 2.75) is 46.1 Å². The van der Waals surface area contributed by atoms with Gasteiger partial charge in [0.15, 0.2) is 0 Å². The van der Waals surface area contributed by atoms with Crippen molar-refractivity contribution in [3.05, 3.63) is 29.8 Å². The first-order chi connectivity index (χ1) is 10.4. The third kappa shape index (κ3) is 6.61. The summed E-state index contributed by atoms with van der Waals surface area (Å²) in [6.45, 7) is 6.09. The summed E-state index contributed by atoms with van der Waals surface area (Å²) in [5.74, 6) is -0.524. The molecular weight excluding hydrogens is 282 g/mol. The monoisotopic (exact) mass is 307 g/mol. The molecule has 5 nitrogen and oxygen atoms in total. The first-order valence-electron chi connectivity index (χ1n) is 7.61. The van der Waals surface area contributed by atoms with Crippen molar-refractivity contribution in [2.24, 2.45) is 5.92 Å². The molecule has 0 bridgehead atoms. The lowest BCUT2D eigenvalue weighted by Gasteiger charge is -2.17. The van der Waals surface area contributed by atoms with Gasteiger partial charge in [-0.2, -0.15) is 0 Å². The number of unbranched alkanes of at least 4 members (excludes halogenated alkanes) is 1. The Morgan fingerprint density at radius 2 is 2.00 bits per heavy atom. The highest BCUT2D eigenvalue weighted by Gasteiger charge is 2.22. The van der Waals surface area contributed by atoms with Crippen LogP contribution in [0.15, 0.2) is 24.3 Å². The zero-order valence-electron chi connectivity index (χ0n) is 13.5. The van der Waals surface area contributed by atoms with Crippen LogP contribution in [0.1, 0.15) is 38.7 Å². The number of hydrogen-bond donors (Lipinski definition) is 2. The fourth-order valence-corrected chi connectivity index (χ4v) is 2.04. The van der Waals surface area contributed by atoms with Crippen LogP contribution in [0.5, 0.6) is 5.75 Å². The number of aliphatic carboxylic acids is 1. The van der Waals surface area contributed by atoms with E-state index in [1.165, 1.54) is 0 Å². The maximum Gasteiger partial charge on any atom is 0.326 e. The highest BCUT2D eigenvalue weighted by molar-refractivity contribution is 5.83. The SMILES string of the molecule is Cc1cccc(OCCCCC(=O)N[C@H](C(=O)O)C(C)C)c1. The summed E-state index contributed by atoms with van der Waals surface area (Å²) in [5.41, 5.74) is 1.14. The topological polar surface area (TPSA) is 75.6 Å². The molecule has 0 spiro atoms. The van der Waals surface area contributed by atoms with E-state index < -0.39 is 12.0 Å². The summed E-state index contributed by atoms with van der Waals surface area (Å²) in [4.78, 5) is 22.7. The molecule has 0 aliphatic heterocycles. The number of ether oxygens (including phenoxy) is 1. The molecule has 1 aromatic carbocycles. The summed E-state index contributed by atoms with van der Waals surface area (Å²) < 4.78 is 5.60. The fraction of sp³-hybridized carbons (Fsp3) is 0.529. The Morgan fingerprint density at radius 1 is 1.27 bits per heavy atom. The van der Waals surface area contributed by atoms with Gasteiger partial charge in [-0.25, -0.2) is 4.79 Å². The number of aryl methyl sites for hydroxylation is 1. The molecule has 0 heterocycles. The highest BCUT2D eigenvalue weighted by atomic mass is 16.5. The minimum absolute atomic E-state index is 0.133. The van der Waals surface area contributed by atoms with Crippen LogP contribution >= 0.6 is 0 Å². The van der Waals surface area contributed by atoms with E-state index in [1.54, 1.807) is 13.8 Å². The van der Waals surface area contributed by atoms with E-state index in [9.17, 15) is 9.59 Å². The van der Waals surface area contributed by atoms with Gasteiger partial charge in [0, 0.05) is 6.42 Å². The number of carbonyl (C=O) groups excluding carboxylic acids is 1. The average Bonchev–Trinajstić information content (AvgIpc) is 2.43. The van der Waals surface area contributed by atoms with Crippen LogP contribution in [-0.4, -0.2) is 29.6 Å². The Balaban J connectivity index is 2.21. The molecule has 5 heteroatoms. The van der Waals surface area contributed by atoms with Crippen molar-refractivity contribution in [3.63, 3.8) is 0 Å². The molecule has 0 aliphatic rings. The number of amides is 1. The molecule has 0 fully saturated rings. The number of benzene rings is 1. The van der Waals surface area contributed by atoms with Gasteiger partial charge in [0.25, 0.3) is 0 Å². The van der Waals surface area contributed by atoms with Crippen LogP contribution in [0.2, 0.25) is 0 Å². The average molecular weight is 307 g/mol. The third-order valence-corrected chi connectivity index (χ3v) is 3.31. The van der Waals surface area contributed by atoms with Gasteiger partial charge >= 0.3 is 5.97 Å². The normalized spacial score (nSPS) is 12.0. The number of carbonyl (C=O) groups is 2. The number of carboxylic acids is 1. The minimum atomic E-state index is -0.994. The van der Waals surface area contributed by atoms with Crippen LogP contribution in [0.4, 0.5) is 0 Å². The van der Waals surface area contributed by atoms with Crippen LogP contribution in [0.25, 0.3) is 0 Å². The Labute approximate surface area is 131 Å². The van der Waals surface area contributed by atoms with Crippen molar-refractivity contribution in [2.75, 3.05) is 6.61 Å². The summed E-state index contributed by atoms with van der Waals surface area (Å²) in [6.07, 6.45) is 1.73. The number of nitrogens with one attached hydrogen (secondary N) is 1. The highest BCUT2D eigenvalue weighted by Crippen LogP contribution is 2.13. The van der Waals surface area contributed by atoms with Crippen molar-refractivity contribution in [1.29, 1.82) is 0 Å². The van der Waals surface area contributed by atoms with E-state index in [-0.39, 0.29) is 11.8 Å². The molecule has 2 N–H and O–H groups in total. The van der Waals surface area contributed by atoms with Crippen molar-refractivity contribution < 1.29 is 19.4 Å². The van der Waals surface area contributed by atoms with Gasteiger partial charge in [-0.05, 0) is 43.4 Å². The maximum atomic E-state index is 11.7. The van der Waals surface area contributed by atoms with Crippen molar-refractivity contribution in [1.82, 2.24) is 5.32 Å². The summed E-state index contributed by atoms with van der Waals surface area (Å²) in [6, 6.07) is 6.99. The number of rotatable bonds is 9. The standard InChI is InChI=1S/C17H25NO4/c1-12(2)16(17(20)21)18-15(19)9-4-5-10-22-14-8-6-7-13(3)11-14/h6-8,11-12,16H,4-5,9-10H2,1-3H3,(H,18,19)(H,20,21)/t16-/m0/s1. The number of carboxylic acid groups (broad SMARTS) is 1. The Hall–Kier alpha value is -2.04. The Bertz CT molecular complexity index is 499. The van der Waals surface area contributed by atoms with Crippen LogP contribution in [0, 0.1) is 12.8 Å². The third-order valence-electron chi connectivity index (χ3n) is 3.31. The second kappa shape index (κ2) is 9.07. The van der Waals surface area contributed by atoms with E-state index in [0.29, 0.717) is 19.4 Å². The Morgan fingerprint density at radius 3 is 2.59 bits per heavy atom. The number of hydrogen-bond acceptors (Lipinski definition) is 3. The fourth-order valence-electron chi connectivity index (χ4n) is 2.04. The van der Waals surface area contributed by atoms with Crippen molar-refractivity contribution in [3.8, 4) is 5.75 Å². The maximum absolute atomic E-state index is 11.7. The lowest BCUT2D eigenvalue weighted by molar-refractivity contribution is -0.143. The summed E-state index contributed by atoms with van der Waals surface area (Å²) >= 11 is 0. The summed E-state index contributed by atoms with van der Waals surface area (Å²) in [5, 5.41) is 11.6. The van der Waals surface area contributed by atoms with Gasteiger partial charge in [-0.3, -0.25) is 4.79 Å². The van der Waals surface area contributed by atoms with E-state index in [1.807, 2.05) is 31.2 Å². The van der Waals surface area contributed by atoms with Gasteiger partial charge in [0.1, 0.15) is 11.8 Å². The van der Waals surface area contributed by atoms with E-state index in [2.05, 4.69) is 5.32 Å². The molecule has 22 heavy (non-hydrogen) atoms. The van der Waals surface area contributed by atoms with Crippen LogP contribution < -0.4 is 10.1 Å². The largest absolute Gasteiger partial charge is 0.494 e. The molecule has 0 unspecified atom stereocenters. The molecule has 1 rings (SSSR count). The minimum Gasteiger partial charge on any atom is -0.494 e.